The van der Waals surface area contributed by atoms with Crippen molar-refractivity contribution in [2.75, 3.05) is 0 Å². The summed E-state index contributed by atoms with van der Waals surface area (Å²) in [6, 6.07) is 12.3. The van der Waals surface area contributed by atoms with Gasteiger partial charge in [-0.2, -0.15) is 0 Å². The van der Waals surface area contributed by atoms with Crippen LogP contribution < -0.4 is 4.74 Å². The van der Waals surface area contributed by atoms with Crippen LogP contribution in [0, 0.1) is 0 Å². The molecule has 0 spiro atoms. The van der Waals surface area contributed by atoms with Gasteiger partial charge in [-0.25, -0.2) is 0 Å². The topological polar surface area (TPSA) is 84.6 Å². The predicted molar refractivity (Wildman–Crippen MR) is 109 cm³/mol. The molecule has 5 rings (SSSR count). The molecule has 1 aliphatic rings. The Bertz CT molecular complexity index is 1320. The molecule has 2 aromatic carbocycles. The van der Waals surface area contributed by atoms with Gasteiger partial charge in [-0.1, -0.05) is 12.1 Å². The van der Waals surface area contributed by atoms with Gasteiger partial charge in [0.2, 0.25) is 5.78 Å². The van der Waals surface area contributed by atoms with E-state index in [-0.39, 0.29) is 28.6 Å². The van der Waals surface area contributed by atoms with Crippen molar-refractivity contribution in [1.82, 2.24) is 9.55 Å². The second-order valence-electron chi connectivity index (χ2n) is 6.91. The fourth-order valence-corrected chi connectivity index (χ4v) is 3.78. The molecule has 1 aliphatic heterocycles. The number of aromatic nitrogens is 2. The maximum absolute atomic E-state index is 12.8. The van der Waals surface area contributed by atoms with Gasteiger partial charge in [0.1, 0.15) is 22.8 Å². The number of ether oxygens (including phenoxy) is 1. The molecule has 6 nitrogen and oxygen atoms in total. The number of Topliss-reactive ketones (excluding diaryl/α,β-unsaturated/α-hetero) is 1. The van der Waals surface area contributed by atoms with E-state index in [9.17, 15) is 15.0 Å². The molecule has 0 bridgehead atoms. The van der Waals surface area contributed by atoms with Crippen LogP contribution in [0.1, 0.15) is 15.9 Å². The van der Waals surface area contributed by atoms with E-state index in [0.717, 1.165) is 33.7 Å². The first-order chi connectivity index (χ1) is 14.0. The molecule has 29 heavy (non-hydrogen) atoms. The van der Waals surface area contributed by atoms with Gasteiger partial charge in [-0.3, -0.25) is 9.78 Å². The fourth-order valence-electron chi connectivity index (χ4n) is 3.78. The van der Waals surface area contributed by atoms with Gasteiger partial charge in [0.25, 0.3) is 0 Å². The van der Waals surface area contributed by atoms with Crippen molar-refractivity contribution in [2.24, 2.45) is 7.05 Å². The summed E-state index contributed by atoms with van der Waals surface area (Å²) in [5.41, 5.74) is 3.91. The molecule has 0 fully saturated rings. The minimum Gasteiger partial charge on any atom is -0.508 e. The molecular weight excluding hydrogens is 368 g/mol. The lowest BCUT2D eigenvalue weighted by Gasteiger charge is -2.06. The number of hydrogen-bond acceptors (Lipinski definition) is 5. The zero-order valence-corrected chi connectivity index (χ0v) is 15.5. The minimum absolute atomic E-state index is 0.0589. The molecule has 142 valence electrons. The van der Waals surface area contributed by atoms with Crippen molar-refractivity contribution in [3.8, 4) is 28.4 Å². The second-order valence-corrected chi connectivity index (χ2v) is 6.91. The number of phenolic OH excluding ortho intramolecular Hbond substituents is 2. The Balaban J connectivity index is 1.69. The van der Waals surface area contributed by atoms with Gasteiger partial charge in [0.15, 0.2) is 5.76 Å². The normalized spacial score (nSPS) is 14.4. The van der Waals surface area contributed by atoms with Gasteiger partial charge in [0.05, 0.1) is 0 Å². The Labute approximate surface area is 165 Å². The average molecular weight is 384 g/mol. The number of fused-ring (bicyclic) bond motifs is 2. The van der Waals surface area contributed by atoms with Gasteiger partial charge in [0, 0.05) is 54.2 Å². The highest BCUT2D eigenvalue weighted by molar-refractivity contribution is 6.17. The van der Waals surface area contributed by atoms with E-state index in [4.69, 9.17) is 4.74 Å². The average Bonchev–Trinajstić information content (AvgIpc) is 3.19. The SMILES string of the molecule is Cn1cc(/C=C2\Oc3cc(O)cc(O)c3C2=O)c2c(-c3ccncc3)cccc21. The van der Waals surface area contributed by atoms with Crippen LogP contribution in [0.25, 0.3) is 28.1 Å². The Morgan fingerprint density at radius 2 is 1.90 bits per heavy atom. The van der Waals surface area contributed by atoms with E-state index in [0.29, 0.717) is 0 Å². The first kappa shape index (κ1) is 17.1. The molecule has 0 saturated heterocycles. The molecule has 3 heterocycles. The number of carbonyl (C=O) groups is 1. The molecule has 6 heteroatoms. The first-order valence-corrected chi connectivity index (χ1v) is 9.01. The smallest absolute Gasteiger partial charge is 0.235 e. The number of allylic oxidation sites excluding steroid dienone is 1. The third-order valence-electron chi connectivity index (χ3n) is 5.06. The summed E-state index contributed by atoms with van der Waals surface area (Å²) in [5, 5.41) is 20.7. The lowest BCUT2D eigenvalue weighted by molar-refractivity contribution is 0.101. The maximum atomic E-state index is 12.8. The molecule has 2 aromatic heterocycles. The highest BCUT2D eigenvalue weighted by Gasteiger charge is 2.31. The van der Waals surface area contributed by atoms with Crippen LogP contribution in [-0.2, 0) is 7.05 Å². The van der Waals surface area contributed by atoms with Crippen molar-refractivity contribution >= 4 is 22.8 Å². The predicted octanol–water partition coefficient (Wildman–Crippen LogP) is 4.27. The van der Waals surface area contributed by atoms with Crippen molar-refractivity contribution in [2.45, 2.75) is 0 Å². The third-order valence-corrected chi connectivity index (χ3v) is 5.06. The van der Waals surface area contributed by atoms with Crippen molar-refractivity contribution < 1.29 is 19.7 Å². The van der Waals surface area contributed by atoms with Gasteiger partial charge in [-0.15, -0.1) is 0 Å². The molecule has 0 atom stereocenters. The van der Waals surface area contributed by atoms with E-state index in [1.54, 1.807) is 18.5 Å². The summed E-state index contributed by atoms with van der Waals surface area (Å²) in [4.78, 5) is 16.9. The minimum atomic E-state index is -0.420. The van der Waals surface area contributed by atoms with Crippen LogP contribution in [-0.4, -0.2) is 25.5 Å². The fraction of sp³-hybridized carbons (Fsp3) is 0.0435. The molecule has 2 N–H and O–H groups in total. The quantitative estimate of drug-likeness (QED) is 0.504. The molecule has 0 unspecified atom stereocenters. The Morgan fingerprint density at radius 1 is 1.10 bits per heavy atom. The Morgan fingerprint density at radius 3 is 2.69 bits per heavy atom. The van der Waals surface area contributed by atoms with Crippen LogP contribution in [0.3, 0.4) is 0 Å². The third kappa shape index (κ3) is 2.65. The number of aryl methyl sites for hydroxylation is 1. The van der Waals surface area contributed by atoms with E-state index in [1.807, 2.05) is 48.1 Å². The summed E-state index contributed by atoms with van der Waals surface area (Å²) in [7, 11) is 1.94. The van der Waals surface area contributed by atoms with Gasteiger partial charge in [-0.05, 0) is 35.4 Å². The van der Waals surface area contributed by atoms with E-state index < -0.39 is 5.78 Å². The first-order valence-electron chi connectivity index (χ1n) is 9.01. The summed E-state index contributed by atoms with van der Waals surface area (Å²) in [6.07, 6.45) is 7.08. The number of carbonyl (C=O) groups excluding carboxylic acids is 1. The molecule has 0 saturated carbocycles. The second kappa shape index (κ2) is 6.24. The Kier molecular flexibility index (Phi) is 3.67. The number of pyridine rings is 1. The molecule has 0 amide bonds. The van der Waals surface area contributed by atoms with Crippen LogP contribution in [0.4, 0.5) is 0 Å². The summed E-state index contributed by atoms with van der Waals surface area (Å²) >= 11 is 0. The van der Waals surface area contributed by atoms with E-state index >= 15 is 0 Å². The van der Waals surface area contributed by atoms with Crippen molar-refractivity contribution in [3.05, 3.63) is 77.9 Å². The molecule has 0 aliphatic carbocycles. The molecular formula is C23H16N2O4. The largest absolute Gasteiger partial charge is 0.508 e. The number of nitrogens with zero attached hydrogens (tertiary/aromatic N) is 2. The molecule has 4 aromatic rings. The highest BCUT2D eigenvalue weighted by Crippen LogP contribution is 2.41. The van der Waals surface area contributed by atoms with Crippen LogP contribution >= 0.6 is 0 Å². The standard InChI is InChI=1S/C23H16N2O4/c1-25-12-14(9-20-23(28)22-18(27)10-15(26)11-19(22)29-20)21-16(3-2-4-17(21)25)13-5-7-24-8-6-13/h2-12,26-27H,1H3/b20-9-. The maximum Gasteiger partial charge on any atom is 0.235 e. The van der Waals surface area contributed by atoms with Crippen LogP contribution in [0.2, 0.25) is 0 Å². The Hall–Kier alpha value is -4.06. The zero-order chi connectivity index (χ0) is 20.1. The van der Waals surface area contributed by atoms with Crippen molar-refractivity contribution in [1.29, 1.82) is 0 Å². The lowest BCUT2D eigenvalue weighted by atomic mass is 9.99. The summed E-state index contributed by atoms with van der Waals surface area (Å²) < 4.78 is 7.65. The monoisotopic (exact) mass is 384 g/mol. The number of ketones is 1. The van der Waals surface area contributed by atoms with Crippen molar-refractivity contribution in [3.63, 3.8) is 0 Å². The summed E-state index contributed by atoms with van der Waals surface area (Å²) in [5.74, 6) is -0.647. The number of rotatable bonds is 2. The van der Waals surface area contributed by atoms with Crippen LogP contribution in [0.5, 0.6) is 17.2 Å². The number of aromatic hydroxyl groups is 2. The van der Waals surface area contributed by atoms with Gasteiger partial charge >= 0.3 is 0 Å². The summed E-state index contributed by atoms with van der Waals surface area (Å²) in [6.45, 7) is 0. The van der Waals surface area contributed by atoms with E-state index in [2.05, 4.69) is 4.98 Å². The zero-order valence-electron chi connectivity index (χ0n) is 15.5. The number of hydrogen-bond donors (Lipinski definition) is 2. The lowest BCUT2D eigenvalue weighted by Crippen LogP contribution is -1.98. The van der Waals surface area contributed by atoms with Gasteiger partial charge < -0.3 is 19.5 Å². The highest BCUT2D eigenvalue weighted by atomic mass is 16.5. The molecule has 0 radical (unpaired) electrons. The van der Waals surface area contributed by atoms with Crippen LogP contribution in [0.15, 0.2) is 66.8 Å². The number of benzene rings is 2. The van der Waals surface area contributed by atoms with E-state index in [1.165, 1.54) is 6.07 Å². The number of phenols is 2.